The van der Waals surface area contributed by atoms with E-state index in [-0.39, 0.29) is 71.8 Å². The van der Waals surface area contributed by atoms with Crippen molar-refractivity contribution in [3.8, 4) is 0 Å². The summed E-state index contributed by atoms with van der Waals surface area (Å²) in [5.41, 5.74) is -0.732. The molecule has 0 radical (unpaired) electrons. The minimum absolute atomic E-state index is 0.0358. The lowest BCUT2D eigenvalue weighted by Gasteiger charge is -2.70. The van der Waals surface area contributed by atoms with E-state index in [1.807, 2.05) is 0 Å². The normalized spacial score (nSPS) is 45.9. The molecular weight excluding hydrogens is 502 g/mol. The third-order valence-corrected chi connectivity index (χ3v) is 8.70. The molecule has 34 heavy (non-hydrogen) atoms. The molecule has 6 rings (SSSR count). The zero-order chi connectivity index (χ0) is 24.3. The highest BCUT2D eigenvalue weighted by atomic mass is 35.5. The number of alkyl halides is 5. The largest absolute Gasteiger partial charge is 0.522 e. The number of carbonyl (C=O) groups is 2. The molecular formula is C21H28Cl2F3N3O5. The van der Waals surface area contributed by atoms with E-state index in [2.05, 4.69) is 20.7 Å². The number of ether oxygens (including phenoxy) is 3. The third kappa shape index (κ3) is 5.01. The molecule has 13 heteroatoms. The van der Waals surface area contributed by atoms with Crippen LogP contribution in [0.5, 0.6) is 0 Å². The van der Waals surface area contributed by atoms with Crippen LogP contribution in [0.4, 0.5) is 13.2 Å². The molecule has 6 aliphatic rings. The van der Waals surface area contributed by atoms with E-state index in [1.54, 1.807) is 0 Å². The predicted octanol–water partition coefficient (Wildman–Crippen LogP) is 1.71. The predicted molar refractivity (Wildman–Crippen MR) is 114 cm³/mol. The number of amides is 2. The summed E-state index contributed by atoms with van der Waals surface area (Å²) in [5.74, 6) is -0.465. The summed E-state index contributed by atoms with van der Waals surface area (Å²) >= 11 is 12.5. The maximum Gasteiger partial charge on any atom is 0.522 e. The lowest BCUT2D eigenvalue weighted by atomic mass is 9.44. The van der Waals surface area contributed by atoms with Gasteiger partial charge < -0.3 is 25.4 Å². The Bertz CT molecular complexity index is 806. The number of halogens is 5. The first kappa shape index (κ1) is 24.8. The monoisotopic (exact) mass is 529 g/mol. The van der Waals surface area contributed by atoms with Crippen molar-refractivity contribution in [1.82, 2.24) is 16.0 Å². The van der Waals surface area contributed by atoms with E-state index in [9.17, 15) is 22.8 Å². The summed E-state index contributed by atoms with van der Waals surface area (Å²) in [6.07, 6.45) is -3.42. The molecule has 8 nitrogen and oxygen atoms in total. The molecule has 192 valence electrons. The van der Waals surface area contributed by atoms with Crippen LogP contribution in [0.1, 0.15) is 44.9 Å². The minimum Gasteiger partial charge on any atom is -0.372 e. The van der Waals surface area contributed by atoms with Gasteiger partial charge in [0.05, 0.1) is 41.7 Å². The van der Waals surface area contributed by atoms with E-state index in [0.717, 1.165) is 0 Å². The number of piperidine rings is 1. The van der Waals surface area contributed by atoms with Gasteiger partial charge in [-0.05, 0) is 44.9 Å². The maximum absolute atomic E-state index is 12.8. The van der Waals surface area contributed by atoms with Crippen molar-refractivity contribution in [2.45, 2.75) is 104 Å². The van der Waals surface area contributed by atoms with E-state index < -0.39 is 24.6 Å². The number of fused-ring (bicyclic) bond motifs is 1. The van der Waals surface area contributed by atoms with Gasteiger partial charge in [0, 0.05) is 17.6 Å². The summed E-state index contributed by atoms with van der Waals surface area (Å²) in [7, 11) is 0. The fraction of sp³-hybridized carbons (Fsp3) is 0.905. The highest BCUT2D eigenvalue weighted by Gasteiger charge is 2.69. The Hall–Kier alpha value is -0.850. The van der Waals surface area contributed by atoms with Crippen LogP contribution in [0, 0.1) is 0 Å². The second-order valence-electron chi connectivity index (χ2n) is 10.3. The molecule has 0 spiro atoms. The molecule has 2 heterocycles. The molecule has 0 aromatic heterocycles. The van der Waals surface area contributed by atoms with Crippen molar-refractivity contribution in [3.63, 3.8) is 0 Å². The zero-order valence-corrected chi connectivity index (χ0v) is 19.8. The van der Waals surface area contributed by atoms with Crippen molar-refractivity contribution in [1.29, 1.82) is 0 Å². The second-order valence-corrected chi connectivity index (χ2v) is 11.5. The van der Waals surface area contributed by atoms with Gasteiger partial charge in [-0.2, -0.15) is 0 Å². The van der Waals surface area contributed by atoms with Crippen LogP contribution in [0.2, 0.25) is 0 Å². The van der Waals surface area contributed by atoms with Gasteiger partial charge >= 0.3 is 6.36 Å². The zero-order valence-electron chi connectivity index (χ0n) is 18.3. The van der Waals surface area contributed by atoms with Crippen LogP contribution in [-0.2, 0) is 23.8 Å². The Labute approximate surface area is 204 Å². The molecule has 0 aromatic rings. The SMILES string of the molecule is O=C(NC12CC(NC(=O)C3COC4CC(Cl)C(Cl)CC4O3)(C1)C2)C1CCC(OC(F)(F)F)CN1. The fourth-order valence-electron chi connectivity index (χ4n) is 6.05. The molecule has 7 unspecified atom stereocenters. The highest BCUT2D eigenvalue weighted by Crippen LogP contribution is 2.60. The van der Waals surface area contributed by atoms with Crippen molar-refractivity contribution in [3.05, 3.63) is 0 Å². The average Bonchev–Trinajstić information content (AvgIpc) is 2.71. The maximum atomic E-state index is 12.8. The van der Waals surface area contributed by atoms with Gasteiger partial charge in [-0.25, -0.2) is 0 Å². The Balaban J connectivity index is 1.04. The molecule has 2 amide bonds. The molecule has 4 aliphatic carbocycles. The summed E-state index contributed by atoms with van der Waals surface area (Å²) in [5, 5.41) is 8.51. The lowest BCUT2D eigenvalue weighted by molar-refractivity contribution is -0.343. The standard InChI is InChI=1S/C21H28Cl2F3N3O5/c22-11-3-14-15(4-12(11)23)33-16(6-32-14)18(31)29-20-7-19(8-20,9-20)28-17(30)13-2-1-10(5-27-13)34-21(24,25)26/h10-16,27H,1-9H2,(H,28,30)(H,29,31). The third-order valence-electron chi connectivity index (χ3n) is 7.61. The van der Waals surface area contributed by atoms with Crippen molar-refractivity contribution < 1.29 is 37.0 Å². The quantitative estimate of drug-likeness (QED) is 0.469. The van der Waals surface area contributed by atoms with Crippen molar-refractivity contribution >= 4 is 35.0 Å². The number of hydrogen-bond donors (Lipinski definition) is 3. The smallest absolute Gasteiger partial charge is 0.372 e. The van der Waals surface area contributed by atoms with Crippen molar-refractivity contribution in [2.24, 2.45) is 0 Å². The number of rotatable bonds is 5. The molecule has 0 aromatic carbocycles. The highest BCUT2D eigenvalue weighted by molar-refractivity contribution is 6.30. The first-order chi connectivity index (χ1) is 15.9. The molecule has 3 N–H and O–H groups in total. The Kier molecular flexibility index (Phi) is 6.51. The molecule has 6 fully saturated rings. The summed E-state index contributed by atoms with van der Waals surface area (Å²) < 4.78 is 52.8. The van der Waals surface area contributed by atoms with Crippen LogP contribution in [0.15, 0.2) is 0 Å². The number of hydrogen-bond acceptors (Lipinski definition) is 6. The van der Waals surface area contributed by atoms with Gasteiger partial charge in [-0.1, -0.05) is 0 Å². The van der Waals surface area contributed by atoms with Gasteiger partial charge in [-0.3, -0.25) is 14.3 Å². The van der Waals surface area contributed by atoms with E-state index >= 15 is 0 Å². The molecule has 2 saturated heterocycles. The molecule has 2 aliphatic heterocycles. The summed E-state index contributed by atoms with van der Waals surface area (Å²) in [6, 6.07) is -0.553. The average molecular weight is 530 g/mol. The van der Waals surface area contributed by atoms with E-state index in [0.29, 0.717) is 32.1 Å². The Morgan fingerprint density at radius 3 is 2.18 bits per heavy atom. The Morgan fingerprint density at radius 1 is 0.971 bits per heavy atom. The van der Waals surface area contributed by atoms with Crippen LogP contribution in [0.25, 0.3) is 0 Å². The lowest BCUT2D eigenvalue weighted by Crippen LogP contribution is -2.84. The van der Waals surface area contributed by atoms with Gasteiger partial charge in [-0.15, -0.1) is 36.4 Å². The number of carbonyl (C=O) groups excluding carboxylic acids is 2. The van der Waals surface area contributed by atoms with Gasteiger partial charge in [0.1, 0.15) is 0 Å². The molecule has 2 bridgehead atoms. The molecule has 7 atom stereocenters. The van der Waals surface area contributed by atoms with Crippen LogP contribution >= 0.6 is 23.2 Å². The minimum atomic E-state index is -4.68. The van der Waals surface area contributed by atoms with Gasteiger partial charge in [0.2, 0.25) is 5.91 Å². The fourth-order valence-corrected chi connectivity index (χ4v) is 6.60. The van der Waals surface area contributed by atoms with Gasteiger partial charge in [0.25, 0.3) is 5.91 Å². The van der Waals surface area contributed by atoms with Crippen LogP contribution < -0.4 is 16.0 Å². The Morgan fingerprint density at radius 2 is 1.59 bits per heavy atom. The van der Waals surface area contributed by atoms with Crippen molar-refractivity contribution in [2.75, 3.05) is 13.2 Å². The first-order valence-corrected chi connectivity index (χ1v) is 12.5. The number of nitrogens with one attached hydrogen (secondary N) is 3. The summed E-state index contributed by atoms with van der Waals surface area (Å²) in [6.45, 7) is 0.125. The van der Waals surface area contributed by atoms with E-state index in [4.69, 9.17) is 32.7 Å². The topological polar surface area (TPSA) is 97.9 Å². The van der Waals surface area contributed by atoms with Crippen LogP contribution in [0.3, 0.4) is 0 Å². The summed E-state index contributed by atoms with van der Waals surface area (Å²) in [4.78, 5) is 25.4. The van der Waals surface area contributed by atoms with Crippen LogP contribution in [-0.4, -0.2) is 83.6 Å². The second kappa shape index (κ2) is 8.92. The first-order valence-electron chi connectivity index (χ1n) is 11.6. The molecule has 4 saturated carbocycles. The van der Waals surface area contributed by atoms with E-state index in [1.165, 1.54) is 0 Å². The van der Waals surface area contributed by atoms with Gasteiger partial charge in [0.15, 0.2) is 6.10 Å².